The normalized spacial score (nSPS) is 26.3. The topological polar surface area (TPSA) is 12.0 Å². The lowest BCUT2D eigenvalue weighted by atomic mass is 9.85. The Morgan fingerprint density at radius 2 is 2.07 bits per heavy atom. The molecule has 0 saturated heterocycles. The summed E-state index contributed by atoms with van der Waals surface area (Å²) in [5.41, 5.74) is 2.64. The highest BCUT2D eigenvalue weighted by Crippen LogP contribution is 2.26. The predicted octanol–water partition coefficient (Wildman–Crippen LogP) is 3.80. The lowest BCUT2D eigenvalue weighted by Crippen LogP contribution is -2.30. The van der Waals surface area contributed by atoms with E-state index in [1.807, 2.05) is 0 Å². The lowest BCUT2D eigenvalue weighted by Gasteiger charge is -2.30. The molecule has 2 unspecified atom stereocenters. The van der Waals surface area contributed by atoms with E-state index in [0.717, 1.165) is 0 Å². The fourth-order valence-corrected chi connectivity index (χ4v) is 2.28. The van der Waals surface area contributed by atoms with Gasteiger partial charge in [0.1, 0.15) is 0 Å². The third-order valence-electron chi connectivity index (χ3n) is 3.38. The maximum atomic E-state index is 3.67. The van der Waals surface area contributed by atoms with Gasteiger partial charge < -0.3 is 5.32 Å². The highest BCUT2D eigenvalue weighted by Gasteiger charge is 2.21. The molecule has 1 aromatic carbocycles. The molecular weight excluding hydrogens is 182 g/mol. The van der Waals surface area contributed by atoms with Crippen molar-refractivity contribution in [1.29, 1.82) is 0 Å². The van der Waals surface area contributed by atoms with E-state index >= 15 is 0 Å². The highest BCUT2D eigenvalue weighted by molar-refractivity contribution is 5.51. The van der Waals surface area contributed by atoms with Crippen molar-refractivity contribution >= 4 is 5.69 Å². The zero-order chi connectivity index (χ0) is 10.7. The molecule has 81 valence electrons. The van der Waals surface area contributed by atoms with Gasteiger partial charge in [0.2, 0.25) is 0 Å². The standard InChI is InChI=1S/C14H20N/c1-11-7-3-5-9-13(11)15-14-10-6-4-8-12(14)2/h3,5,7-9,12,14-15H,4,6,10H2,1-2H3. The Kier molecular flexibility index (Phi) is 3.30. The fourth-order valence-electron chi connectivity index (χ4n) is 2.28. The summed E-state index contributed by atoms with van der Waals surface area (Å²) in [5.74, 6) is 0.693. The molecule has 1 aliphatic rings. The van der Waals surface area contributed by atoms with Gasteiger partial charge >= 0.3 is 0 Å². The summed E-state index contributed by atoms with van der Waals surface area (Å²) in [4.78, 5) is 0. The van der Waals surface area contributed by atoms with Crippen LogP contribution in [0, 0.1) is 19.3 Å². The van der Waals surface area contributed by atoms with Gasteiger partial charge in [-0.15, -0.1) is 0 Å². The van der Waals surface area contributed by atoms with E-state index in [4.69, 9.17) is 0 Å². The first-order valence-corrected chi connectivity index (χ1v) is 5.93. The van der Waals surface area contributed by atoms with E-state index < -0.39 is 0 Å². The first-order valence-electron chi connectivity index (χ1n) is 5.93. The molecule has 2 atom stereocenters. The molecular formula is C14H20N. The van der Waals surface area contributed by atoms with Gasteiger partial charge in [0.05, 0.1) is 0 Å². The molecule has 2 rings (SSSR count). The van der Waals surface area contributed by atoms with Crippen LogP contribution in [-0.2, 0) is 0 Å². The Morgan fingerprint density at radius 1 is 1.27 bits per heavy atom. The minimum Gasteiger partial charge on any atom is -0.382 e. The van der Waals surface area contributed by atoms with E-state index in [9.17, 15) is 0 Å². The molecule has 1 heteroatoms. The molecule has 1 nitrogen and oxygen atoms in total. The maximum Gasteiger partial charge on any atom is 0.0372 e. The van der Waals surface area contributed by atoms with Crippen molar-refractivity contribution < 1.29 is 0 Å². The van der Waals surface area contributed by atoms with Crippen molar-refractivity contribution in [2.75, 3.05) is 5.32 Å². The average Bonchev–Trinajstić information content (AvgIpc) is 2.24. The molecule has 0 bridgehead atoms. The maximum absolute atomic E-state index is 3.67. The largest absolute Gasteiger partial charge is 0.382 e. The van der Waals surface area contributed by atoms with Crippen molar-refractivity contribution in [3.05, 3.63) is 36.2 Å². The van der Waals surface area contributed by atoms with Crippen LogP contribution in [-0.4, -0.2) is 6.04 Å². The molecule has 1 aromatic rings. The van der Waals surface area contributed by atoms with Crippen LogP contribution in [0.3, 0.4) is 0 Å². The summed E-state index contributed by atoms with van der Waals surface area (Å²) in [6.45, 7) is 4.48. The monoisotopic (exact) mass is 202 g/mol. The van der Waals surface area contributed by atoms with E-state index in [-0.39, 0.29) is 0 Å². The number of para-hydroxylation sites is 1. The molecule has 0 amide bonds. The number of nitrogens with one attached hydrogen (secondary N) is 1. The van der Waals surface area contributed by atoms with Crippen molar-refractivity contribution in [2.24, 2.45) is 5.92 Å². The molecule has 1 fully saturated rings. The van der Waals surface area contributed by atoms with Gasteiger partial charge in [0.15, 0.2) is 0 Å². The number of anilines is 1. The Hall–Kier alpha value is -0.980. The van der Waals surface area contributed by atoms with Gasteiger partial charge in [0.25, 0.3) is 0 Å². The van der Waals surface area contributed by atoms with Gasteiger partial charge in [-0.25, -0.2) is 0 Å². The molecule has 1 N–H and O–H groups in total. The Balaban J connectivity index is 2.04. The summed E-state index contributed by atoms with van der Waals surface area (Å²) in [6, 6.07) is 9.17. The van der Waals surface area contributed by atoms with Crippen molar-refractivity contribution in [3.63, 3.8) is 0 Å². The quantitative estimate of drug-likeness (QED) is 0.769. The summed E-state index contributed by atoms with van der Waals surface area (Å²) >= 11 is 0. The van der Waals surface area contributed by atoms with Crippen LogP contribution in [0.25, 0.3) is 0 Å². The minimum absolute atomic E-state index is 0.625. The molecule has 0 aliphatic heterocycles. The van der Waals surface area contributed by atoms with E-state index in [0.29, 0.717) is 12.0 Å². The van der Waals surface area contributed by atoms with Crippen LogP contribution in [0.15, 0.2) is 24.3 Å². The first kappa shape index (κ1) is 10.5. The van der Waals surface area contributed by atoms with Gasteiger partial charge in [0, 0.05) is 11.7 Å². The van der Waals surface area contributed by atoms with E-state index in [2.05, 4.69) is 49.9 Å². The first-order chi connectivity index (χ1) is 7.27. The second-order valence-corrected chi connectivity index (χ2v) is 4.59. The summed E-state index contributed by atoms with van der Waals surface area (Å²) in [5, 5.41) is 3.67. The minimum atomic E-state index is 0.625. The Labute approximate surface area is 92.9 Å². The van der Waals surface area contributed by atoms with Crippen LogP contribution in [0.4, 0.5) is 5.69 Å². The van der Waals surface area contributed by atoms with E-state index in [1.165, 1.54) is 30.5 Å². The SMILES string of the molecule is Cc1ccccc1NC1CCC[CH]C1C. The second-order valence-electron chi connectivity index (χ2n) is 4.59. The number of benzene rings is 1. The summed E-state index contributed by atoms with van der Waals surface area (Å²) in [7, 11) is 0. The fraction of sp³-hybridized carbons (Fsp3) is 0.500. The molecule has 1 aliphatic carbocycles. The number of rotatable bonds is 2. The zero-order valence-corrected chi connectivity index (χ0v) is 9.66. The predicted molar refractivity (Wildman–Crippen MR) is 65.9 cm³/mol. The smallest absolute Gasteiger partial charge is 0.0372 e. The summed E-state index contributed by atoms with van der Waals surface area (Å²) in [6.07, 6.45) is 6.35. The third kappa shape index (κ3) is 2.53. The van der Waals surface area contributed by atoms with Gasteiger partial charge in [-0.1, -0.05) is 31.5 Å². The van der Waals surface area contributed by atoms with Crippen molar-refractivity contribution in [3.8, 4) is 0 Å². The van der Waals surface area contributed by atoms with Crippen LogP contribution < -0.4 is 5.32 Å². The molecule has 0 aromatic heterocycles. The Bertz CT molecular complexity index is 319. The van der Waals surface area contributed by atoms with E-state index in [1.54, 1.807) is 0 Å². The van der Waals surface area contributed by atoms with Crippen LogP contribution >= 0.6 is 0 Å². The van der Waals surface area contributed by atoms with Gasteiger partial charge in [-0.3, -0.25) is 0 Å². The average molecular weight is 202 g/mol. The van der Waals surface area contributed by atoms with Crippen molar-refractivity contribution in [2.45, 2.75) is 39.2 Å². The molecule has 1 radical (unpaired) electrons. The molecule has 1 saturated carbocycles. The number of hydrogen-bond acceptors (Lipinski definition) is 1. The number of hydrogen-bond donors (Lipinski definition) is 1. The molecule has 0 spiro atoms. The van der Waals surface area contributed by atoms with Gasteiger partial charge in [-0.05, 0) is 43.7 Å². The van der Waals surface area contributed by atoms with Crippen LogP contribution in [0.5, 0.6) is 0 Å². The third-order valence-corrected chi connectivity index (χ3v) is 3.38. The lowest BCUT2D eigenvalue weighted by molar-refractivity contribution is 0.429. The van der Waals surface area contributed by atoms with Crippen LogP contribution in [0.2, 0.25) is 0 Å². The highest BCUT2D eigenvalue weighted by atomic mass is 14.9. The number of aryl methyl sites for hydroxylation is 1. The molecule has 15 heavy (non-hydrogen) atoms. The van der Waals surface area contributed by atoms with Crippen LogP contribution in [0.1, 0.15) is 31.7 Å². The Morgan fingerprint density at radius 3 is 2.80 bits per heavy atom. The zero-order valence-electron chi connectivity index (χ0n) is 9.66. The summed E-state index contributed by atoms with van der Waals surface area (Å²) < 4.78 is 0. The second kappa shape index (κ2) is 4.69. The van der Waals surface area contributed by atoms with Crippen molar-refractivity contribution in [1.82, 2.24) is 0 Å². The molecule has 0 heterocycles. The van der Waals surface area contributed by atoms with Gasteiger partial charge in [-0.2, -0.15) is 0 Å².